The molecule has 0 saturated heterocycles. The van der Waals surface area contributed by atoms with Crippen LogP contribution in [0.3, 0.4) is 0 Å². The van der Waals surface area contributed by atoms with Crippen molar-refractivity contribution in [3.8, 4) is 5.75 Å². The van der Waals surface area contributed by atoms with Crippen LogP contribution in [-0.2, 0) is 6.18 Å². The number of H-pyrrole nitrogens is 1. The number of aromatic nitrogens is 2. The number of alkyl halides is 3. The zero-order valence-corrected chi connectivity index (χ0v) is 16.7. The highest BCUT2D eigenvalue weighted by Crippen LogP contribution is 2.44. The normalized spacial score (nSPS) is 15.1. The quantitative estimate of drug-likeness (QED) is 0.542. The number of rotatable bonds is 3. The van der Waals surface area contributed by atoms with E-state index in [2.05, 4.69) is 14.7 Å². The second kappa shape index (κ2) is 7.42. The predicted octanol–water partition coefficient (Wildman–Crippen LogP) is 4.93. The Bertz CT molecular complexity index is 1190. The lowest BCUT2D eigenvalue weighted by Crippen LogP contribution is -2.23. The van der Waals surface area contributed by atoms with E-state index in [1.54, 1.807) is 6.92 Å². The van der Waals surface area contributed by atoms with Crippen molar-refractivity contribution in [2.75, 3.05) is 5.32 Å². The Hall–Kier alpha value is -2.88. The van der Waals surface area contributed by atoms with Crippen molar-refractivity contribution in [2.45, 2.75) is 44.7 Å². The van der Waals surface area contributed by atoms with Crippen LogP contribution in [0.1, 0.15) is 58.8 Å². The standard InChI is InChI=1S/C20H18F3N3O3S/c1-9-16-17(28)12(8-24-19(16)30-26-9)18(29)25-14-7-15(27)11(10-4-2-3-5-10)6-13(14)20(21,22)23/h6-8,10,27H,2-5H2,1H3,(H,24,28)(H,25,29). The van der Waals surface area contributed by atoms with Crippen LogP contribution < -0.4 is 10.7 Å². The summed E-state index contributed by atoms with van der Waals surface area (Å²) in [6.45, 7) is 1.61. The van der Waals surface area contributed by atoms with E-state index in [9.17, 15) is 27.9 Å². The van der Waals surface area contributed by atoms with Gasteiger partial charge in [0.2, 0.25) is 5.43 Å². The minimum absolute atomic E-state index is 0.143. The number of pyridine rings is 1. The molecular formula is C20H18F3N3O3S. The van der Waals surface area contributed by atoms with Gasteiger partial charge in [-0.3, -0.25) is 9.59 Å². The topological polar surface area (TPSA) is 95.1 Å². The van der Waals surface area contributed by atoms with Gasteiger partial charge in [0.25, 0.3) is 5.91 Å². The molecule has 1 aliphatic rings. The number of aromatic hydroxyl groups is 1. The number of amides is 1. The number of benzene rings is 1. The van der Waals surface area contributed by atoms with E-state index in [0.717, 1.165) is 42.7 Å². The van der Waals surface area contributed by atoms with Gasteiger partial charge in [-0.1, -0.05) is 12.8 Å². The van der Waals surface area contributed by atoms with Gasteiger partial charge in [-0.05, 0) is 48.8 Å². The fraction of sp³-hybridized carbons (Fsp3) is 0.350. The van der Waals surface area contributed by atoms with Gasteiger partial charge in [-0.15, -0.1) is 0 Å². The molecule has 1 fully saturated rings. The molecule has 2 aromatic heterocycles. The van der Waals surface area contributed by atoms with Crippen LogP contribution in [0.4, 0.5) is 18.9 Å². The molecule has 30 heavy (non-hydrogen) atoms. The minimum atomic E-state index is -4.74. The highest BCUT2D eigenvalue weighted by Gasteiger charge is 2.36. The van der Waals surface area contributed by atoms with Crippen molar-refractivity contribution in [3.05, 3.63) is 50.9 Å². The van der Waals surface area contributed by atoms with Crippen molar-refractivity contribution >= 4 is 33.3 Å². The maximum Gasteiger partial charge on any atom is 0.418 e. The fourth-order valence-electron chi connectivity index (χ4n) is 3.94. The zero-order chi connectivity index (χ0) is 21.6. The number of nitrogens with zero attached hydrogens (tertiary/aromatic N) is 1. The number of hydrogen-bond donors (Lipinski definition) is 3. The van der Waals surface area contributed by atoms with Gasteiger partial charge in [-0.25, -0.2) is 0 Å². The number of hydrogen-bond acceptors (Lipinski definition) is 5. The lowest BCUT2D eigenvalue weighted by molar-refractivity contribution is -0.137. The molecule has 4 rings (SSSR count). The Morgan fingerprint density at radius 3 is 2.67 bits per heavy atom. The molecular weight excluding hydrogens is 419 g/mol. The largest absolute Gasteiger partial charge is 0.508 e. The molecule has 0 atom stereocenters. The van der Waals surface area contributed by atoms with E-state index in [0.29, 0.717) is 23.4 Å². The maximum atomic E-state index is 13.7. The van der Waals surface area contributed by atoms with Crippen molar-refractivity contribution in [3.63, 3.8) is 0 Å². The van der Waals surface area contributed by atoms with Gasteiger partial charge in [0.1, 0.15) is 16.1 Å². The van der Waals surface area contributed by atoms with Gasteiger partial charge in [0, 0.05) is 12.3 Å². The van der Waals surface area contributed by atoms with Crippen LogP contribution in [-0.4, -0.2) is 20.4 Å². The number of carbonyl (C=O) groups excluding carboxylic acids is 1. The van der Waals surface area contributed by atoms with E-state index < -0.39 is 28.8 Å². The van der Waals surface area contributed by atoms with E-state index in [-0.39, 0.29) is 28.2 Å². The number of aryl methyl sites for hydroxylation is 1. The van der Waals surface area contributed by atoms with Gasteiger partial charge < -0.3 is 15.4 Å². The maximum absolute atomic E-state index is 13.7. The van der Waals surface area contributed by atoms with Gasteiger partial charge in [0.15, 0.2) is 0 Å². The van der Waals surface area contributed by atoms with Gasteiger partial charge in [-0.2, -0.15) is 17.5 Å². The number of nitrogens with one attached hydrogen (secondary N) is 2. The molecule has 1 aliphatic carbocycles. The van der Waals surface area contributed by atoms with Crippen LogP contribution in [0, 0.1) is 6.92 Å². The Morgan fingerprint density at radius 2 is 2.00 bits per heavy atom. The summed E-state index contributed by atoms with van der Waals surface area (Å²) in [5.74, 6) is -1.44. The molecule has 0 bridgehead atoms. The number of anilines is 1. The van der Waals surface area contributed by atoms with Crippen molar-refractivity contribution in [2.24, 2.45) is 0 Å². The molecule has 0 radical (unpaired) electrons. The Labute approximate surface area is 172 Å². The minimum Gasteiger partial charge on any atom is -0.508 e. The third-order valence-corrected chi connectivity index (χ3v) is 6.31. The lowest BCUT2D eigenvalue weighted by atomic mass is 9.94. The summed E-state index contributed by atoms with van der Waals surface area (Å²) in [7, 11) is 0. The molecule has 3 N–H and O–H groups in total. The summed E-state index contributed by atoms with van der Waals surface area (Å²) >= 11 is 1.05. The second-order valence-corrected chi connectivity index (χ2v) is 8.17. The molecule has 1 aromatic carbocycles. The Balaban J connectivity index is 1.74. The summed E-state index contributed by atoms with van der Waals surface area (Å²) in [5, 5.41) is 12.7. The molecule has 158 valence electrons. The predicted molar refractivity (Wildman–Crippen MR) is 107 cm³/mol. The number of carbonyl (C=O) groups is 1. The van der Waals surface area contributed by atoms with E-state index in [1.807, 2.05) is 0 Å². The van der Waals surface area contributed by atoms with Crippen LogP contribution >= 0.6 is 11.5 Å². The van der Waals surface area contributed by atoms with Crippen molar-refractivity contribution in [1.82, 2.24) is 9.36 Å². The summed E-state index contributed by atoms with van der Waals surface area (Å²) in [5.41, 5.74) is -1.93. The van der Waals surface area contributed by atoms with E-state index in [1.165, 1.54) is 0 Å². The van der Waals surface area contributed by atoms with Gasteiger partial charge in [0.05, 0.1) is 22.3 Å². The number of aromatic amines is 1. The first-order valence-electron chi connectivity index (χ1n) is 9.40. The lowest BCUT2D eigenvalue weighted by Gasteiger charge is -2.19. The van der Waals surface area contributed by atoms with Crippen LogP contribution in [0.5, 0.6) is 5.75 Å². The number of fused-ring (bicyclic) bond motifs is 1. The molecule has 3 aromatic rings. The van der Waals surface area contributed by atoms with Crippen LogP contribution in [0.15, 0.2) is 23.1 Å². The van der Waals surface area contributed by atoms with Crippen molar-refractivity contribution < 1.29 is 23.1 Å². The fourth-order valence-corrected chi connectivity index (χ4v) is 4.70. The van der Waals surface area contributed by atoms with E-state index in [4.69, 9.17) is 0 Å². The summed E-state index contributed by atoms with van der Waals surface area (Å²) in [6, 6.07) is 1.82. The van der Waals surface area contributed by atoms with Gasteiger partial charge >= 0.3 is 6.18 Å². The van der Waals surface area contributed by atoms with Crippen LogP contribution in [0.25, 0.3) is 10.2 Å². The molecule has 0 spiro atoms. The molecule has 10 heteroatoms. The third kappa shape index (κ3) is 3.55. The summed E-state index contributed by atoms with van der Waals surface area (Å²) < 4.78 is 45.1. The highest BCUT2D eigenvalue weighted by atomic mass is 32.1. The SMILES string of the molecule is Cc1nsc2[nH]cc(C(=O)Nc3cc(O)c(C4CCCC4)cc3C(F)(F)F)c(=O)c12. The molecule has 1 saturated carbocycles. The smallest absolute Gasteiger partial charge is 0.418 e. The molecule has 0 aliphatic heterocycles. The monoisotopic (exact) mass is 437 g/mol. The molecule has 6 nitrogen and oxygen atoms in total. The Morgan fingerprint density at radius 1 is 1.30 bits per heavy atom. The number of phenols is 1. The first-order valence-corrected chi connectivity index (χ1v) is 10.2. The third-order valence-electron chi connectivity index (χ3n) is 5.44. The second-order valence-electron chi connectivity index (χ2n) is 7.39. The zero-order valence-electron chi connectivity index (χ0n) is 15.9. The molecule has 2 heterocycles. The molecule has 1 amide bonds. The first kappa shape index (κ1) is 20.4. The summed E-state index contributed by atoms with van der Waals surface area (Å²) in [4.78, 5) is 28.5. The van der Waals surface area contributed by atoms with Crippen molar-refractivity contribution in [1.29, 1.82) is 0 Å². The highest BCUT2D eigenvalue weighted by molar-refractivity contribution is 7.12. The first-order chi connectivity index (χ1) is 14.2. The van der Waals surface area contributed by atoms with Crippen LogP contribution in [0.2, 0.25) is 0 Å². The van der Waals surface area contributed by atoms with E-state index >= 15 is 0 Å². The average Bonchev–Trinajstić information content (AvgIpc) is 3.31. The molecule has 0 unspecified atom stereocenters. The Kier molecular flexibility index (Phi) is 5.05. The number of halogens is 3. The summed E-state index contributed by atoms with van der Waals surface area (Å²) in [6.07, 6.45) is -0.385. The average molecular weight is 437 g/mol. The number of phenolic OH excluding ortho intramolecular Hbond substituents is 1.